The molecule has 3 aromatic rings. The van der Waals surface area contributed by atoms with Crippen molar-refractivity contribution in [3.05, 3.63) is 88.2 Å². The number of likely N-dealkylation sites (tertiary alicyclic amines) is 1. The van der Waals surface area contributed by atoms with E-state index in [1.807, 2.05) is 36.5 Å². The van der Waals surface area contributed by atoms with Gasteiger partial charge in [0.25, 0.3) is 0 Å². The Morgan fingerprint density at radius 3 is 2.45 bits per heavy atom. The first kappa shape index (κ1) is 21.3. The predicted octanol–water partition coefficient (Wildman–Crippen LogP) is 5.31. The molecule has 0 bridgehead atoms. The van der Waals surface area contributed by atoms with E-state index >= 15 is 0 Å². The number of hydrogen-bond donors (Lipinski definition) is 0. The van der Waals surface area contributed by atoms with Gasteiger partial charge in [-0.3, -0.25) is 9.59 Å². The molecule has 0 aliphatic carbocycles. The smallest absolute Gasteiger partial charge is 0.246 e. The van der Waals surface area contributed by atoms with Gasteiger partial charge in [0.15, 0.2) is 5.78 Å². The van der Waals surface area contributed by atoms with E-state index in [1.165, 1.54) is 0 Å². The minimum atomic E-state index is -0.116. The van der Waals surface area contributed by atoms with Crippen LogP contribution >= 0.6 is 23.2 Å². The number of ketones is 1. The Morgan fingerprint density at radius 2 is 1.74 bits per heavy atom. The van der Waals surface area contributed by atoms with Crippen LogP contribution in [0, 0.1) is 5.92 Å². The van der Waals surface area contributed by atoms with E-state index in [4.69, 9.17) is 23.2 Å². The van der Waals surface area contributed by atoms with Crippen LogP contribution in [0.15, 0.2) is 67.0 Å². The van der Waals surface area contributed by atoms with Gasteiger partial charge in [0.2, 0.25) is 5.91 Å². The summed E-state index contributed by atoms with van der Waals surface area (Å²) in [5.41, 5.74) is 2.37. The standard InChI is InChI=1S/C24H21Cl2N3O2/c25-21-8-7-19(14-22(21)26)24(31)18-10-12-28(13-11-18)23(30)9-6-17-15-27-29(16-17)20-4-2-1-3-5-20/h1-9,14-16,18H,10-13H2. The van der Waals surface area contributed by atoms with Crippen LogP contribution in [0.25, 0.3) is 11.8 Å². The van der Waals surface area contributed by atoms with Crippen molar-refractivity contribution >= 4 is 41.0 Å². The number of benzene rings is 2. The number of amides is 1. The second-order valence-electron chi connectivity index (χ2n) is 7.48. The molecule has 0 radical (unpaired) electrons. The van der Waals surface area contributed by atoms with Gasteiger partial charge in [0, 0.05) is 42.4 Å². The molecule has 0 N–H and O–H groups in total. The minimum Gasteiger partial charge on any atom is -0.339 e. The summed E-state index contributed by atoms with van der Waals surface area (Å²) in [4.78, 5) is 27.1. The lowest BCUT2D eigenvalue weighted by atomic mass is 9.89. The van der Waals surface area contributed by atoms with E-state index < -0.39 is 0 Å². The molecule has 2 aromatic carbocycles. The zero-order valence-electron chi connectivity index (χ0n) is 16.7. The van der Waals surface area contributed by atoms with Gasteiger partial charge in [-0.1, -0.05) is 41.4 Å². The second kappa shape index (κ2) is 9.50. The molecule has 0 atom stereocenters. The van der Waals surface area contributed by atoms with Gasteiger partial charge >= 0.3 is 0 Å². The second-order valence-corrected chi connectivity index (χ2v) is 8.29. The molecular weight excluding hydrogens is 433 g/mol. The van der Waals surface area contributed by atoms with Crippen molar-refractivity contribution in [2.24, 2.45) is 5.92 Å². The van der Waals surface area contributed by atoms with Gasteiger partial charge in [-0.2, -0.15) is 5.10 Å². The summed E-state index contributed by atoms with van der Waals surface area (Å²) in [6, 6.07) is 14.7. The summed E-state index contributed by atoms with van der Waals surface area (Å²) >= 11 is 12.0. The van der Waals surface area contributed by atoms with Gasteiger partial charge in [-0.05, 0) is 49.2 Å². The highest BCUT2D eigenvalue weighted by Crippen LogP contribution is 2.27. The summed E-state index contributed by atoms with van der Waals surface area (Å²) in [7, 11) is 0. The van der Waals surface area contributed by atoms with Crippen LogP contribution in [0.3, 0.4) is 0 Å². The number of hydrogen-bond acceptors (Lipinski definition) is 3. The highest BCUT2D eigenvalue weighted by molar-refractivity contribution is 6.42. The molecule has 1 aliphatic rings. The number of rotatable bonds is 5. The normalized spacial score (nSPS) is 14.8. The summed E-state index contributed by atoms with van der Waals surface area (Å²) in [5, 5.41) is 5.14. The molecule has 31 heavy (non-hydrogen) atoms. The first-order valence-electron chi connectivity index (χ1n) is 10.1. The highest BCUT2D eigenvalue weighted by Gasteiger charge is 2.27. The maximum absolute atomic E-state index is 12.7. The fraction of sp³-hybridized carbons (Fsp3) is 0.208. The molecule has 1 aromatic heterocycles. The third kappa shape index (κ3) is 5.06. The van der Waals surface area contributed by atoms with E-state index in [-0.39, 0.29) is 17.6 Å². The van der Waals surface area contributed by atoms with Crippen LogP contribution in [-0.2, 0) is 4.79 Å². The molecule has 5 nitrogen and oxygen atoms in total. The highest BCUT2D eigenvalue weighted by atomic mass is 35.5. The third-order valence-electron chi connectivity index (χ3n) is 5.42. The van der Waals surface area contributed by atoms with Crippen LogP contribution < -0.4 is 0 Å². The molecule has 7 heteroatoms. The van der Waals surface area contributed by atoms with Crippen molar-refractivity contribution in [1.82, 2.24) is 14.7 Å². The largest absolute Gasteiger partial charge is 0.339 e. The average Bonchev–Trinajstić information content (AvgIpc) is 3.29. The fourth-order valence-electron chi connectivity index (χ4n) is 3.66. The molecule has 1 saturated heterocycles. The third-order valence-corrected chi connectivity index (χ3v) is 6.16. The number of para-hydroxylation sites is 1. The van der Waals surface area contributed by atoms with E-state index in [9.17, 15) is 9.59 Å². The Labute approximate surface area is 190 Å². The Hall–Kier alpha value is -2.89. The molecule has 0 spiro atoms. The monoisotopic (exact) mass is 453 g/mol. The van der Waals surface area contributed by atoms with Crippen LogP contribution in [0.2, 0.25) is 10.0 Å². The van der Waals surface area contributed by atoms with Gasteiger partial charge in [0.1, 0.15) is 0 Å². The van der Waals surface area contributed by atoms with Crippen LogP contribution in [0.1, 0.15) is 28.8 Å². The van der Waals surface area contributed by atoms with E-state index in [0.717, 1.165) is 11.3 Å². The van der Waals surface area contributed by atoms with Gasteiger partial charge in [-0.15, -0.1) is 0 Å². The lowest BCUT2D eigenvalue weighted by Crippen LogP contribution is -2.39. The SMILES string of the molecule is O=C(c1ccc(Cl)c(Cl)c1)C1CCN(C(=O)C=Cc2cnn(-c3ccccc3)c2)CC1. The first-order valence-corrected chi connectivity index (χ1v) is 10.8. The summed E-state index contributed by atoms with van der Waals surface area (Å²) in [6.07, 6.45) is 8.19. The van der Waals surface area contributed by atoms with Crippen molar-refractivity contribution in [2.75, 3.05) is 13.1 Å². The van der Waals surface area contributed by atoms with Gasteiger partial charge in [0.05, 0.1) is 21.9 Å². The quantitative estimate of drug-likeness (QED) is 0.388. The zero-order chi connectivity index (χ0) is 21.8. The van der Waals surface area contributed by atoms with Crippen molar-refractivity contribution in [3.63, 3.8) is 0 Å². The first-order chi connectivity index (χ1) is 15.0. The van der Waals surface area contributed by atoms with Crippen molar-refractivity contribution in [1.29, 1.82) is 0 Å². The van der Waals surface area contributed by atoms with Crippen molar-refractivity contribution in [2.45, 2.75) is 12.8 Å². The Morgan fingerprint density at radius 1 is 1.00 bits per heavy atom. The van der Waals surface area contributed by atoms with Crippen molar-refractivity contribution in [3.8, 4) is 5.69 Å². The molecule has 1 amide bonds. The summed E-state index contributed by atoms with van der Waals surface area (Å²) in [6.45, 7) is 1.09. The molecule has 158 valence electrons. The number of carbonyl (C=O) groups excluding carboxylic acids is 2. The summed E-state index contributed by atoms with van der Waals surface area (Å²) in [5.74, 6) is -0.128. The Kier molecular flexibility index (Phi) is 6.54. The lowest BCUT2D eigenvalue weighted by molar-refractivity contribution is -0.127. The zero-order valence-corrected chi connectivity index (χ0v) is 18.3. The lowest BCUT2D eigenvalue weighted by Gasteiger charge is -2.30. The van der Waals surface area contributed by atoms with E-state index in [0.29, 0.717) is 41.5 Å². The molecule has 0 unspecified atom stereocenters. The topological polar surface area (TPSA) is 55.2 Å². The maximum Gasteiger partial charge on any atom is 0.246 e. The van der Waals surface area contributed by atoms with Crippen LogP contribution in [0.4, 0.5) is 0 Å². The number of halogens is 2. The maximum atomic E-state index is 12.7. The van der Waals surface area contributed by atoms with Gasteiger partial charge < -0.3 is 4.90 Å². The number of carbonyl (C=O) groups is 2. The predicted molar refractivity (Wildman–Crippen MR) is 123 cm³/mol. The Bertz CT molecular complexity index is 1120. The fourth-order valence-corrected chi connectivity index (χ4v) is 3.96. The minimum absolute atomic E-state index is 0.0505. The Balaban J connectivity index is 1.32. The van der Waals surface area contributed by atoms with Crippen molar-refractivity contribution < 1.29 is 9.59 Å². The number of piperidine rings is 1. The molecule has 1 fully saturated rings. The van der Waals surface area contributed by atoms with E-state index in [2.05, 4.69) is 5.10 Å². The van der Waals surface area contributed by atoms with Gasteiger partial charge in [-0.25, -0.2) is 4.68 Å². The molecule has 4 rings (SSSR count). The number of nitrogens with zero attached hydrogens (tertiary/aromatic N) is 3. The molecule has 2 heterocycles. The number of Topliss-reactive ketones (excluding diaryl/α,β-unsaturated/α-hetero) is 1. The molecular formula is C24H21Cl2N3O2. The van der Waals surface area contributed by atoms with E-state index in [1.54, 1.807) is 46.1 Å². The molecule has 1 aliphatic heterocycles. The summed E-state index contributed by atoms with van der Waals surface area (Å²) < 4.78 is 1.77. The van der Waals surface area contributed by atoms with Crippen LogP contribution in [-0.4, -0.2) is 39.5 Å². The average molecular weight is 454 g/mol. The van der Waals surface area contributed by atoms with Crippen LogP contribution in [0.5, 0.6) is 0 Å². The molecule has 0 saturated carbocycles. The number of aromatic nitrogens is 2.